The van der Waals surface area contributed by atoms with Crippen LogP contribution in [0, 0.1) is 0 Å². The third-order valence-electron chi connectivity index (χ3n) is 6.56. The van der Waals surface area contributed by atoms with Crippen molar-refractivity contribution < 1.29 is 13.2 Å². The van der Waals surface area contributed by atoms with Crippen LogP contribution < -0.4 is 0 Å². The molecule has 0 radical (unpaired) electrons. The Labute approximate surface area is 185 Å². The van der Waals surface area contributed by atoms with Crippen LogP contribution in [0.3, 0.4) is 0 Å². The molecule has 2 aromatic heterocycles. The summed E-state index contributed by atoms with van der Waals surface area (Å²) in [6.07, 6.45) is 0.760. The number of benzene rings is 1. The number of likely N-dealkylation sites (tertiary alicyclic amines) is 1. The van der Waals surface area contributed by atoms with Crippen LogP contribution in [-0.2, 0) is 24.8 Å². The predicted octanol–water partition coefficient (Wildman–Crippen LogP) is 6.21. The Hall–Kier alpha value is -2.05. The maximum atomic E-state index is 12.8. The molecule has 1 aliphatic rings. The molecule has 0 N–H and O–H groups in total. The monoisotopic (exact) mass is 449 g/mol. The van der Waals surface area contributed by atoms with Crippen LogP contribution in [0.1, 0.15) is 49.1 Å². The first-order valence-electron chi connectivity index (χ1n) is 10.7. The fourth-order valence-electron chi connectivity index (χ4n) is 4.70. The second-order valence-corrected chi connectivity index (χ2v) is 9.12. The van der Waals surface area contributed by atoms with Gasteiger partial charge in [-0.05, 0) is 60.5 Å². The number of nitrogens with zero attached hydrogens (tertiary/aromatic N) is 3. The topological polar surface area (TPSA) is 20.5 Å². The largest absolute Gasteiger partial charge is 0.394 e. The summed E-state index contributed by atoms with van der Waals surface area (Å²) >= 11 is 6.55. The lowest BCUT2D eigenvalue weighted by atomic mass is 9.72. The number of rotatable bonds is 5. The van der Waals surface area contributed by atoms with Gasteiger partial charge in [-0.15, -0.1) is 0 Å². The minimum Gasteiger partial charge on any atom is -0.302 e. The van der Waals surface area contributed by atoms with Gasteiger partial charge in [0.2, 0.25) is 0 Å². The number of aryl methyl sites for hydroxylation is 1. The first kappa shape index (κ1) is 22.2. The summed E-state index contributed by atoms with van der Waals surface area (Å²) in [4.78, 5) is 6.52. The SMILES string of the molecule is CCc1ccccc1C1(C)CCN(Cc2ccn3c(CC(F)(F)F)cnc3c2Cl)CC1. The highest BCUT2D eigenvalue weighted by molar-refractivity contribution is 6.34. The summed E-state index contributed by atoms with van der Waals surface area (Å²) in [5.41, 5.74) is 4.41. The molecular weight excluding hydrogens is 423 g/mol. The van der Waals surface area contributed by atoms with Crippen molar-refractivity contribution in [3.8, 4) is 0 Å². The summed E-state index contributed by atoms with van der Waals surface area (Å²) in [6, 6.07) is 10.5. The van der Waals surface area contributed by atoms with Crippen molar-refractivity contribution in [3.63, 3.8) is 0 Å². The molecule has 0 spiro atoms. The Morgan fingerprint density at radius 3 is 2.48 bits per heavy atom. The van der Waals surface area contributed by atoms with Crippen LogP contribution in [0.5, 0.6) is 0 Å². The fraction of sp³-hybridized carbons (Fsp3) is 0.458. The van der Waals surface area contributed by atoms with Gasteiger partial charge in [0, 0.05) is 18.9 Å². The zero-order chi connectivity index (χ0) is 22.2. The van der Waals surface area contributed by atoms with Gasteiger partial charge in [0.1, 0.15) is 0 Å². The fourth-order valence-corrected chi connectivity index (χ4v) is 4.96. The van der Waals surface area contributed by atoms with Crippen LogP contribution in [0.15, 0.2) is 42.7 Å². The molecule has 1 fully saturated rings. The van der Waals surface area contributed by atoms with Gasteiger partial charge in [-0.25, -0.2) is 4.98 Å². The minimum atomic E-state index is -4.28. The third-order valence-corrected chi connectivity index (χ3v) is 6.97. The van der Waals surface area contributed by atoms with Crippen molar-refractivity contribution in [1.82, 2.24) is 14.3 Å². The van der Waals surface area contributed by atoms with E-state index in [0.29, 0.717) is 17.2 Å². The number of fused-ring (bicyclic) bond motifs is 1. The number of hydrogen-bond acceptors (Lipinski definition) is 2. The van der Waals surface area contributed by atoms with Gasteiger partial charge in [0.25, 0.3) is 0 Å². The minimum absolute atomic E-state index is 0.0966. The van der Waals surface area contributed by atoms with Crippen molar-refractivity contribution in [1.29, 1.82) is 0 Å². The van der Waals surface area contributed by atoms with Gasteiger partial charge in [0.15, 0.2) is 5.65 Å². The summed E-state index contributed by atoms with van der Waals surface area (Å²) < 4.78 is 39.8. The van der Waals surface area contributed by atoms with Crippen molar-refractivity contribution >= 4 is 17.2 Å². The zero-order valence-corrected chi connectivity index (χ0v) is 18.6. The maximum absolute atomic E-state index is 12.8. The number of pyridine rings is 1. The number of alkyl halides is 3. The van der Waals surface area contributed by atoms with E-state index < -0.39 is 12.6 Å². The van der Waals surface area contributed by atoms with E-state index in [-0.39, 0.29) is 11.1 Å². The van der Waals surface area contributed by atoms with Gasteiger partial charge < -0.3 is 4.40 Å². The van der Waals surface area contributed by atoms with Gasteiger partial charge in [-0.1, -0.05) is 49.7 Å². The summed E-state index contributed by atoms with van der Waals surface area (Å²) in [7, 11) is 0. The molecule has 1 saturated heterocycles. The normalized spacial score (nSPS) is 17.4. The molecule has 3 nitrogen and oxygen atoms in total. The average Bonchev–Trinajstić information content (AvgIpc) is 3.13. The summed E-state index contributed by atoms with van der Waals surface area (Å²) in [5, 5.41) is 0.431. The van der Waals surface area contributed by atoms with Crippen LogP contribution in [0.2, 0.25) is 5.02 Å². The zero-order valence-electron chi connectivity index (χ0n) is 17.8. The van der Waals surface area contributed by atoms with Crippen molar-refractivity contribution in [3.05, 3.63) is 70.1 Å². The Balaban J connectivity index is 1.48. The van der Waals surface area contributed by atoms with E-state index in [4.69, 9.17) is 11.6 Å². The van der Waals surface area contributed by atoms with E-state index >= 15 is 0 Å². The highest BCUT2D eigenvalue weighted by Crippen LogP contribution is 2.38. The van der Waals surface area contributed by atoms with Crippen molar-refractivity contribution in [2.75, 3.05) is 13.1 Å². The number of halogens is 4. The molecule has 7 heteroatoms. The second-order valence-electron chi connectivity index (χ2n) is 8.74. The molecule has 1 aliphatic heterocycles. The molecule has 3 heterocycles. The second kappa shape index (κ2) is 8.47. The molecule has 0 saturated carbocycles. The number of aromatic nitrogens is 2. The lowest BCUT2D eigenvalue weighted by molar-refractivity contribution is -0.127. The number of piperidine rings is 1. The first-order chi connectivity index (χ1) is 14.7. The van der Waals surface area contributed by atoms with Crippen LogP contribution >= 0.6 is 11.6 Å². The van der Waals surface area contributed by atoms with Crippen molar-refractivity contribution in [2.24, 2.45) is 0 Å². The number of imidazole rings is 1. The van der Waals surface area contributed by atoms with Gasteiger partial charge in [-0.3, -0.25) is 4.90 Å². The molecule has 0 unspecified atom stereocenters. The highest BCUT2D eigenvalue weighted by atomic mass is 35.5. The molecule has 4 rings (SSSR count). The van der Waals surface area contributed by atoms with Gasteiger partial charge >= 0.3 is 6.18 Å². The molecule has 0 aliphatic carbocycles. The van der Waals surface area contributed by atoms with E-state index in [0.717, 1.165) is 37.9 Å². The summed E-state index contributed by atoms with van der Waals surface area (Å²) in [5.74, 6) is 0. The van der Waals surface area contributed by atoms with Gasteiger partial charge in [-0.2, -0.15) is 13.2 Å². The average molecular weight is 450 g/mol. The predicted molar refractivity (Wildman–Crippen MR) is 118 cm³/mol. The molecule has 0 amide bonds. The van der Waals surface area contributed by atoms with Crippen LogP contribution in [0.25, 0.3) is 5.65 Å². The lowest BCUT2D eigenvalue weighted by Gasteiger charge is -2.41. The molecular formula is C24H27ClF3N3. The van der Waals surface area contributed by atoms with Crippen LogP contribution in [-0.4, -0.2) is 33.6 Å². The Morgan fingerprint density at radius 1 is 1.10 bits per heavy atom. The molecule has 0 atom stereocenters. The number of hydrogen-bond donors (Lipinski definition) is 0. The summed E-state index contributed by atoms with van der Waals surface area (Å²) in [6.45, 7) is 7.12. The Morgan fingerprint density at radius 2 is 1.81 bits per heavy atom. The standard InChI is InChI=1S/C24H27ClF3N3/c1-3-17-6-4-5-7-20(17)23(2)9-12-30(13-10-23)16-18-8-11-31-19(14-24(26,27)28)15-29-22(31)21(18)25/h4-8,11,15H,3,9-10,12-14,16H2,1-2H3. The molecule has 3 aromatic rings. The van der Waals surface area contributed by atoms with Gasteiger partial charge in [0.05, 0.1) is 17.1 Å². The van der Waals surface area contributed by atoms with E-state index in [1.54, 1.807) is 6.20 Å². The van der Waals surface area contributed by atoms with E-state index in [9.17, 15) is 13.2 Å². The first-order valence-corrected chi connectivity index (χ1v) is 11.1. The quantitative estimate of drug-likeness (QED) is 0.461. The Bertz CT molecular complexity index is 1070. The van der Waals surface area contributed by atoms with Crippen molar-refractivity contribution in [2.45, 2.75) is 57.7 Å². The third kappa shape index (κ3) is 4.60. The molecule has 31 heavy (non-hydrogen) atoms. The molecule has 0 bridgehead atoms. The van der Waals surface area contributed by atoms with E-state index in [2.05, 4.69) is 48.0 Å². The highest BCUT2D eigenvalue weighted by Gasteiger charge is 2.33. The lowest BCUT2D eigenvalue weighted by Crippen LogP contribution is -2.41. The van der Waals surface area contributed by atoms with Crippen LogP contribution in [0.4, 0.5) is 13.2 Å². The smallest absolute Gasteiger partial charge is 0.302 e. The molecule has 166 valence electrons. The Kier molecular flexibility index (Phi) is 6.05. The molecule has 1 aromatic carbocycles. The van der Waals surface area contributed by atoms with E-state index in [1.165, 1.54) is 21.7 Å². The maximum Gasteiger partial charge on any atom is 0.394 e. The van der Waals surface area contributed by atoms with E-state index in [1.807, 2.05) is 6.07 Å².